The third-order valence-corrected chi connectivity index (χ3v) is 4.54. The minimum absolute atomic E-state index is 0.0762. The maximum absolute atomic E-state index is 14.3. The molecular formula is C18H10Br2FN3. The van der Waals surface area contributed by atoms with Crippen LogP contribution >= 0.6 is 31.9 Å². The zero-order valence-electron chi connectivity index (χ0n) is 12.2. The molecule has 2 aromatic carbocycles. The molecule has 0 aliphatic heterocycles. The average Bonchev–Trinajstić information content (AvgIpc) is 2.57. The summed E-state index contributed by atoms with van der Waals surface area (Å²) in [6, 6.07) is 15.8. The molecule has 0 bridgehead atoms. The van der Waals surface area contributed by atoms with Crippen LogP contribution < -0.4 is 5.73 Å². The molecule has 0 amide bonds. The van der Waals surface area contributed by atoms with Crippen LogP contribution in [0.15, 0.2) is 57.5 Å². The zero-order valence-corrected chi connectivity index (χ0v) is 15.4. The van der Waals surface area contributed by atoms with E-state index in [2.05, 4.69) is 36.8 Å². The van der Waals surface area contributed by atoms with Crippen molar-refractivity contribution in [1.82, 2.24) is 4.98 Å². The van der Waals surface area contributed by atoms with E-state index in [1.165, 1.54) is 6.07 Å². The molecule has 6 heteroatoms. The van der Waals surface area contributed by atoms with Gasteiger partial charge in [-0.2, -0.15) is 5.26 Å². The first-order valence-electron chi connectivity index (χ1n) is 6.91. The number of aromatic nitrogens is 1. The van der Waals surface area contributed by atoms with E-state index in [1.54, 1.807) is 18.2 Å². The van der Waals surface area contributed by atoms with Gasteiger partial charge in [0, 0.05) is 25.6 Å². The van der Waals surface area contributed by atoms with E-state index in [4.69, 9.17) is 5.73 Å². The van der Waals surface area contributed by atoms with Gasteiger partial charge in [0.1, 0.15) is 23.3 Å². The molecule has 0 fully saturated rings. The molecule has 24 heavy (non-hydrogen) atoms. The van der Waals surface area contributed by atoms with Crippen molar-refractivity contribution in [1.29, 1.82) is 5.26 Å². The Balaban J connectivity index is 2.27. The molecule has 2 N–H and O–H groups in total. The first kappa shape index (κ1) is 16.6. The van der Waals surface area contributed by atoms with Gasteiger partial charge < -0.3 is 5.73 Å². The normalized spacial score (nSPS) is 10.4. The second-order valence-electron chi connectivity index (χ2n) is 5.06. The lowest BCUT2D eigenvalue weighted by Crippen LogP contribution is -2.00. The van der Waals surface area contributed by atoms with Crippen LogP contribution in [-0.4, -0.2) is 4.98 Å². The molecule has 0 aliphatic rings. The molecule has 0 saturated heterocycles. The Labute approximate surface area is 155 Å². The minimum Gasteiger partial charge on any atom is -0.383 e. The fraction of sp³-hybridized carbons (Fsp3) is 0. The number of pyridine rings is 1. The van der Waals surface area contributed by atoms with Crippen molar-refractivity contribution in [3.05, 3.63) is 68.9 Å². The monoisotopic (exact) mass is 445 g/mol. The van der Waals surface area contributed by atoms with Crippen molar-refractivity contribution in [2.75, 3.05) is 5.73 Å². The molecule has 1 heterocycles. The van der Waals surface area contributed by atoms with Gasteiger partial charge in [-0.15, -0.1) is 0 Å². The predicted molar refractivity (Wildman–Crippen MR) is 99.6 cm³/mol. The number of halogens is 3. The van der Waals surface area contributed by atoms with E-state index >= 15 is 0 Å². The molecule has 0 spiro atoms. The number of hydrogen-bond acceptors (Lipinski definition) is 3. The van der Waals surface area contributed by atoms with Gasteiger partial charge in [-0.3, -0.25) is 0 Å². The van der Waals surface area contributed by atoms with Crippen LogP contribution in [0.3, 0.4) is 0 Å². The highest BCUT2D eigenvalue weighted by molar-refractivity contribution is 9.10. The standard InChI is InChI=1S/C18H10Br2FN3/c19-11-3-1-10(2-4-11)17-8-13(15(9-22)18(23)24-17)14-7-12(20)5-6-16(14)21/h1-8H,(H2,23,24). The van der Waals surface area contributed by atoms with Crippen LogP contribution in [-0.2, 0) is 0 Å². The second kappa shape index (κ2) is 6.71. The van der Waals surface area contributed by atoms with E-state index in [0.717, 1.165) is 10.0 Å². The van der Waals surface area contributed by atoms with Gasteiger partial charge in [0.2, 0.25) is 0 Å². The first-order valence-corrected chi connectivity index (χ1v) is 8.50. The van der Waals surface area contributed by atoms with E-state index in [1.807, 2.05) is 30.3 Å². The number of benzene rings is 2. The highest BCUT2D eigenvalue weighted by Crippen LogP contribution is 2.34. The van der Waals surface area contributed by atoms with Gasteiger partial charge in [-0.1, -0.05) is 44.0 Å². The molecule has 3 rings (SSSR count). The summed E-state index contributed by atoms with van der Waals surface area (Å²) in [5.74, 6) is -0.352. The van der Waals surface area contributed by atoms with Crippen LogP contribution in [0.5, 0.6) is 0 Å². The number of nitrogens with two attached hydrogens (primary N) is 1. The van der Waals surface area contributed by atoms with Gasteiger partial charge in [0.15, 0.2) is 0 Å². The summed E-state index contributed by atoms with van der Waals surface area (Å²) in [6.07, 6.45) is 0. The van der Waals surface area contributed by atoms with Crippen molar-refractivity contribution < 1.29 is 4.39 Å². The third kappa shape index (κ3) is 3.18. The number of nitrogen functional groups attached to an aromatic ring is 1. The predicted octanol–water partition coefficient (Wildman–Crippen LogP) is 5.53. The van der Waals surface area contributed by atoms with Crippen molar-refractivity contribution >= 4 is 37.7 Å². The van der Waals surface area contributed by atoms with Gasteiger partial charge in [0.25, 0.3) is 0 Å². The van der Waals surface area contributed by atoms with Crippen molar-refractivity contribution in [3.63, 3.8) is 0 Å². The number of nitrogens with zero attached hydrogens (tertiary/aromatic N) is 2. The van der Waals surface area contributed by atoms with Crippen molar-refractivity contribution in [2.24, 2.45) is 0 Å². The van der Waals surface area contributed by atoms with Crippen LogP contribution in [0, 0.1) is 17.1 Å². The Morgan fingerprint density at radius 2 is 1.62 bits per heavy atom. The fourth-order valence-corrected chi connectivity index (χ4v) is 2.99. The van der Waals surface area contributed by atoms with Gasteiger partial charge in [-0.05, 0) is 36.4 Å². The largest absolute Gasteiger partial charge is 0.383 e. The molecule has 1 aromatic heterocycles. The Hall–Kier alpha value is -2.23. The fourth-order valence-electron chi connectivity index (χ4n) is 2.37. The summed E-state index contributed by atoms with van der Waals surface area (Å²) in [7, 11) is 0. The van der Waals surface area contributed by atoms with Crippen molar-refractivity contribution in [2.45, 2.75) is 0 Å². The molecule has 3 aromatic rings. The topological polar surface area (TPSA) is 62.7 Å². The molecule has 0 radical (unpaired) electrons. The summed E-state index contributed by atoms with van der Waals surface area (Å²) in [5.41, 5.74) is 8.23. The van der Waals surface area contributed by atoms with E-state index < -0.39 is 5.82 Å². The van der Waals surface area contributed by atoms with Crippen LogP contribution in [0.1, 0.15) is 5.56 Å². The van der Waals surface area contributed by atoms with E-state index in [9.17, 15) is 9.65 Å². The van der Waals surface area contributed by atoms with Gasteiger partial charge >= 0.3 is 0 Å². The molecule has 0 saturated carbocycles. The molecule has 0 aliphatic carbocycles. The Morgan fingerprint density at radius 1 is 0.958 bits per heavy atom. The summed E-state index contributed by atoms with van der Waals surface area (Å²) in [5, 5.41) is 9.41. The van der Waals surface area contributed by atoms with E-state index in [0.29, 0.717) is 21.3 Å². The molecule has 0 unspecified atom stereocenters. The second-order valence-corrected chi connectivity index (χ2v) is 6.89. The number of nitriles is 1. The Kier molecular flexibility index (Phi) is 4.65. The maximum atomic E-state index is 14.3. The smallest absolute Gasteiger partial charge is 0.142 e. The molecule has 0 atom stereocenters. The number of hydrogen-bond donors (Lipinski definition) is 1. The number of anilines is 1. The highest BCUT2D eigenvalue weighted by Gasteiger charge is 2.16. The third-order valence-electron chi connectivity index (χ3n) is 3.52. The van der Waals surface area contributed by atoms with Crippen LogP contribution in [0.25, 0.3) is 22.4 Å². The highest BCUT2D eigenvalue weighted by atomic mass is 79.9. The SMILES string of the molecule is N#Cc1c(-c2cc(Br)ccc2F)cc(-c2ccc(Br)cc2)nc1N. The molecular weight excluding hydrogens is 437 g/mol. The summed E-state index contributed by atoms with van der Waals surface area (Å²) in [6.45, 7) is 0. The van der Waals surface area contributed by atoms with Gasteiger partial charge in [0.05, 0.1) is 5.69 Å². The lowest BCUT2D eigenvalue weighted by molar-refractivity contribution is 0.631. The summed E-state index contributed by atoms with van der Waals surface area (Å²) in [4.78, 5) is 4.29. The van der Waals surface area contributed by atoms with Crippen LogP contribution in [0.2, 0.25) is 0 Å². The van der Waals surface area contributed by atoms with Crippen LogP contribution in [0.4, 0.5) is 10.2 Å². The lowest BCUT2D eigenvalue weighted by atomic mass is 9.98. The maximum Gasteiger partial charge on any atom is 0.142 e. The van der Waals surface area contributed by atoms with E-state index in [-0.39, 0.29) is 11.4 Å². The lowest BCUT2D eigenvalue weighted by Gasteiger charge is -2.11. The Morgan fingerprint density at radius 3 is 2.29 bits per heavy atom. The summed E-state index contributed by atoms with van der Waals surface area (Å²) < 4.78 is 15.9. The zero-order chi connectivity index (χ0) is 17.3. The van der Waals surface area contributed by atoms with Gasteiger partial charge in [-0.25, -0.2) is 9.37 Å². The number of rotatable bonds is 2. The Bertz CT molecular complexity index is 963. The average molecular weight is 447 g/mol. The quantitative estimate of drug-likeness (QED) is 0.562. The first-order chi connectivity index (χ1) is 11.5. The summed E-state index contributed by atoms with van der Waals surface area (Å²) >= 11 is 6.71. The van der Waals surface area contributed by atoms with Crippen molar-refractivity contribution in [3.8, 4) is 28.5 Å². The molecule has 3 nitrogen and oxygen atoms in total. The minimum atomic E-state index is -0.429. The molecule has 118 valence electrons.